The van der Waals surface area contributed by atoms with Gasteiger partial charge in [0.1, 0.15) is 12.7 Å². The maximum atomic E-state index is 5.94. The molecule has 112 valence electrons. The van der Waals surface area contributed by atoms with E-state index in [0.29, 0.717) is 17.8 Å². The van der Waals surface area contributed by atoms with Gasteiger partial charge in [-0.25, -0.2) is 4.98 Å². The van der Waals surface area contributed by atoms with Crippen LogP contribution in [0, 0.1) is 5.92 Å². The van der Waals surface area contributed by atoms with Crippen LogP contribution in [0.3, 0.4) is 0 Å². The molecule has 0 bridgehead atoms. The molecule has 3 rings (SSSR count). The third kappa shape index (κ3) is 3.64. The van der Waals surface area contributed by atoms with Crippen LogP contribution in [0.15, 0.2) is 12.7 Å². The first kappa shape index (κ1) is 14.2. The number of halogens is 1. The monoisotopic (exact) mass is 308 g/mol. The van der Waals surface area contributed by atoms with Crippen LogP contribution in [-0.4, -0.2) is 61.3 Å². The van der Waals surface area contributed by atoms with Gasteiger partial charge >= 0.3 is 0 Å². The molecule has 1 N–H and O–H groups in total. The Bertz CT molecular complexity index is 587. The maximum absolute atomic E-state index is 5.94. The highest BCUT2D eigenvalue weighted by Crippen LogP contribution is 2.16. The van der Waals surface area contributed by atoms with E-state index in [2.05, 4.69) is 42.3 Å². The molecule has 0 saturated carbocycles. The summed E-state index contributed by atoms with van der Waals surface area (Å²) in [5, 5.41) is 7.37. The van der Waals surface area contributed by atoms with Crippen molar-refractivity contribution in [1.82, 2.24) is 34.6 Å². The van der Waals surface area contributed by atoms with E-state index in [4.69, 9.17) is 11.6 Å². The zero-order valence-corrected chi connectivity index (χ0v) is 12.5. The molecule has 2 aromatic heterocycles. The van der Waals surface area contributed by atoms with Crippen molar-refractivity contribution in [2.24, 2.45) is 5.92 Å². The summed E-state index contributed by atoms with van der Waals surface area (Å²) in [7, 11) is 2.15. The Morgan fingerprint density at radius 1 is 1.38 bits per heavy atom. The first-order valence-electron chi connectivity index (χ1n) is 6.89. The molecule has 9 heteroatoms. The lowest BCUT2D eigenvalue weighted by atomic mass is 9.99. The fourth-order valence-corrected chi connectivity index (χ4v) is 2.66. The van der Waals surface area contributed by atoms with E-state index >= 15 is 0 Å². The quantitative estimate of drug-likeness (QED) is 0.896. The number of hydrogen-bond acceptors (Lipinski definition) is 7. The van der Waals surface area contributed by atoms with E-state index in [9.17, 15) is 0 Å². The Balaban J connectivity index is 1.68. The second-order valence-corrected chi connectivity index (χ2v) is 5.56. The Hall–Kier alpha value is -1.80. The number of nitrogens with one attached hydrogen (secondary N) is 1. The Kier molecular flexibility index (Phi) is 4.26. The molecule has 1 saturated heterocycles. The normalized spacial score (nSPS) is 19.6. The van der Waals surface area contributed by atoms with Crippen molar-refractivity contribution < 1.29 is 0 Å². The van der Waals surface area contributed by atoms with Crippen LogP contribution < -0.4 is 5.32 Å². The van der Waals surface area contributed by atoms with Crippen LogP contribution in [0.1, 0.15) is 12.8 Å². The molecule has 1 atom stereocenters. The number of anilines is 1. The predicted molar refractivity (Wildman–Crippen MR) is 78.5 cm³/mol. The van der Waals surface area contributed by atoms with E-state index in [-0.39, 0.29) is 5.28 Å². The molecule has 0 amide bonds. The van der Waals surface area contributed by atoms with Gasteiger partial charge in [0.15, 0.2) is 0 Å². The highest BCUT2D eigenvalue weighted by atomic mass is 35.5. The lowest BCUT2D eigenvalue weighted by Gasteiger charge is -2.29. The van der Waals surface area contributed by atoms with Gasteiger partial charge in [0.2, 0.25) is 11.2 Å². The van der Waals surface area contributed by atoms with E-state index in [1.807, 2.05) is 0 Å². The molecule has 8 nitrogen and oxygen atoms in total. The molecule has 1 aliphatic heterocycles. The smallest absolute Gasteiger partial charge is 0.258 e. The van der Waals surface area contributed by atoms with E-state index in [1.54, 1.807) is 0 Å². The van der Waals surface area contributed by atoms with Crippen molar-refractivity contribution in [2.75, 3.05) is 32.0 Å². The van der Waals surface area contributed by atoms with Crippen LogP contribution >= 0.6 is 11.6 Å². The van der Waals surface area contributed by atoms with Gasteiger partial charge in [-0.05, 0) is 44.0 Å². The van der Waals surface area contributed by atoms with E-state index < -0.39 is 0 Å². The fraction of sp³-hybridized carbons (Fsp3) is 0.583. The molecular formula is C12H17ClN8. The molecule has 0 spiro atoms. The summed E-state index contributed by atoms with van der Waals surface area (Å²) in [6, 6.07) is 0. The van der Waals surface area contributed by atoms with Gasteiger partial charge in [0, 0.05) is 13.1 Å². The lowest BCUT2D eigenvalue weighted by molar-refractivity contribution is 0.217. The summed E-state index contributed by atoms with van der Waals surface area (Å²) in [6.07, 6.45) is 5.38. The highest BCUT2D eigenvalue weighted by Gasteiger charge is 2.17. The minimum absolute atomic E-state index is 0.138. The van der Waals surface area contributed by atoms with Gasteiger partial charge in [-0.1, -0.05) is 0 Å². The van der Waals surface area contributed by atoms with E-state index in [1.165, 1.54) is 36.7 Å². The third-order valence-corrected chi connectivity index (χ3v) is 3.66. The van der Waals surface area contributed by atoms with Crippen molar-refractivity contribution >= 4 is 17.5 Å². The van der Waals surface area contributed by atoms with Crippen molar-refractivity contribution in [3.8, 4) is 5.95 Å². The van der Waals surface area contributed by atoms with Gasteiger partial charge in [0.25, 0.3) is 5.95 Å². The third-order valence-electron chi connectivity index (χ3n) is 3.49. The first-order valence-corrected chi connectivity index (χ1v) is 7.27. The molecule has 21 heavy (non-hydrogen) atoms. The largest absolute Gasteiger partial charge is 0.354 e. The molecule has 1 unspecified atom stereocenters. The van der Waals surface area contributed by atoms with Gasteiger partial charge in [-0.15, -0.1) is 0 Å². The zero-order chi connectivity index (χ0) is 14.7. The van der Waals surface area contributed by atoms with Gasteiger partial charge in [-0.3, -0.25) is 0 Å². The topological polar surface area (TPSA) is 84.6 Å². The van der Waals surface area contributed by atoms with Gasteiger partial charge < -0.3 is 10.2 Å². The average Bonchev–Trinajstić information content (AvgIpc) is 2.99. The number of aromatic nitrogens is 6. The predicted octanol–water partition coefficient (Wildman–Crippen LogP) is 0.859. The molecular weight excluding hydrogens is 292 g/mol. The van der Waals surface area contributed by atoms with Crippen LogP contribution in [0.4, 0.5) is 5.95 Å². The Morgan fingerprint density at radius 3 is 3.05 bits per heavy atom. The van der Waals surface area contributed by atoms with Gasteiger partial charge in [0.05, 0.1) is 0 Å². The molecule has 3 heterocycles. The summed E-state index contributed by atoms with van der Waals surface area (Å²) in [6.45, 7) is 3.08. The molecule has 1 fully saturated rings. The fourth-order valence-electron chi connectivity index (χ4n) is 2.51. The Labute approximate surface area is 127 Å². The van der Waals surface area contributed by atoms with Crippen LogP contribution in [0.5, 0.6) is 0 Å². The highest BCUT2D eigenvalue weighted by molar-refractivity contribution is 6.28. The zero-order valence-electron chi connectivity index (χ0n) is 11.8. The number of piperidine rings is 1. The number of rotatable bonds is 4. The van der Waals surface area contributed by atoms with Crippen LogP contribution in [0.25, 0.3) is 5.95 Å². The minimum atomic E-state index is 0.138. The molecule has 0 radical (unpaired) electrons. The second kappa shape index (κ2) is 6.31. The molecule has 0 aliphatic carbocycles. The van der Waals surface area contributed by atoms with Crippen molar-refractivity contribution in [1.29, 1.82) is 0 Å². The maximum Gasteiger partial charge on any atom is 0.258 e. The SMILES string of the molecule is CN1CCCC(CNc2nc(Cl)nc(-n3cncn3)n2)C1. The van der Waals surface area contributed by atoms with Crippen LogP contribution in [0.2, 0.25) is 5.28 Å². The van der Waals surface area contributed by atoms with Gasteiger partial charge in [-0.2, -0.15) is 24.7 Å². The summed E-state index contributed by atoms with van der Waals surface area (Å²) in [4.78, 5) is 18.7. The molecule has 1 aliphatic rings. The second-order valence-electron chi connectivity index (χ2n) is 5.22. The van der Waals surface area contributed by atoms with E-state index in [0.717, 1.165) is 13.1 Å². The van der Waals surface area contributed by atoms with Crippen molar-refractivity contribution in [3.05, 3.63) is 17.9 Å². The van der Waals surface area contributed by atoms with Crippen molar-refractivity contribution in [2.45, 2.75) is 12.8 Å². The van der Waals surface area contributed by atoms with Crippen LogP contribution in [-0.2, 0) is 0 Å². The number of nitrogens with zero attached hydrogens (tertiary/aromatic N) is 7. The average molecular weight is 309 g/mol. The summed E-state index contributed by atoms with van der Waals surface area (Å²) >= 11 is 5.94. The summed E-state index contributed by atoms with van der Waals surface area (Å²) in [5.41, 5.74) is 0. The standard InChI is InChI=1S/C12H17ClN8/c1-20-4-2-3-9(6-20)5-15-11-17-10(13)18-12(19-11)21-8-14-7-16-21/h7-9H,2-6H2,1H3,(H,15,17,18,19). The summed E-state index contributed by atoms with van der Waals surface area (Å²) < 4.78 is 1.45. The summed E-state index contributed by atoms with van der Waals surface area (Å²) in [5.74, 6) is 1.42. The van der Waals surface area contributed by atoms with Crippen molar-refractivity contribution in [3.63, 3.8) is 0 Å². The number of hydrogen-bond donors (Lipinski definition) is 1. The first-order chi connectivity index (χ1) is 10.2. The molecule has 2 aromatic rings. The Morgan fingerprint density at radius 2 is 2.29 bits per heavy atom. The molecule has 0 aromatic carbocycles. The number of likely N-dealkylation sites (tertiary alicyclic amines) is 1. The lowest BCUT2D eigenvalue weighted by Crippen LogP contribution is -2.35. The minimum Gasteiger partial charge on any atom is -0.354 e.